The molecule has 1 atom stereocenters. The van der Waals surface area contributed by atoms with Crippen LogP contribution in [0, 0.1) is 6.92 Å². The van der Waals surface area contributed by atoms with E-state index in [1.807, 2.05) is 68.4 Å². The van der Waals surface area contributed by atoms with E-state index in [9.17, 15) is 18.0 Å². The molecule has 0 unspecified atom stereocenters. The third kappa shape index (κ3) is 8.71. The number of nitrogens with one attached hydrogen (secondary N) is 1. The molecule has 4 aromatic rings. The first-order valence-electron chi connectivity index (χ1n) is 14.3. The predicted molar refractivity (Wildman–Crippen MR) is 179 cm³/mol. The molecule has 0 aliphatic carbocycles. The average Bonchev–Trinajstić information content (AvgIpc) is 3.01. The van der Waals surface area contributed by atoms with Crippen molar-refractivity contribution in [3.05, 3.63) is 129 Å². The normalized spacial score (nSPS) is 11.9. The van der Waals surface area contributed by atoms with Crippen molar-refractivity contribution in [1.29, 1.82) is 0 Å². The third-order valence-electron chi connectivity index (χ3n) is 7.07. The van der Waals surface area contributed by atoms with Gasteiger partial charge in [-0.05, 0) is 66.9 Å². The maximum Gasteiger partial charge on any atom is 0.264 e. The molecule has 4 aromatic carbocycles. The number of hydrogen-bond acceptors (Lipinski definition) is 4. The Balaban J connectivity index is 1.79. The Labute approximate surface area is 273 Å². The molecular weight excluding hydrogens is 662 g/mol. The molecule has 7 nitrogen and oxygen atoms in total. The molecule has 0 heterocycles. The van der Waals surface area contributed by atoms with Gasteiger partial charge in [0.05, 0.1) is 10.6 Å². The largest absolute Gasteiger partial charge is 0.354 e. The quantitative estimate of drug-likeness (QED) is 0.167. The molecule has 4 rings (SSSR count). The minimum absolute atomic E-state index is 0.0388. The van der Waals surface area contributed by atoms with Crippen LogP contribution in [0.3, 0.4) is 0 Å². The van der Waals surface area contributed by atoms with Gasteiger partial charge in [-0.1, -0.05) is 101 Å². The molecule has 0 aromatic heterocycles. The lowest BCUT2D eigenvalue weighted by molar-refractivity contribution is -0.140. The van der Waals surface area contributed by atoms with Crippen molar-refractivity contribution in [3.63, 3.8) is 0 Å². The molecule has 44 heavy (non-hydrogen) atoms. The van der Waals surface area contributed by atoms with E-state index in [0.717, 1.165) is 31.9 Å². The second-order valence-corrected chi connectivity index (χ2v) is 13.7. The molecule has 0 fully saturated rings. The Bertz CT molecular complexity index is 1670. The minimum atomic E-state index is -4.19. The Morgan fingerprint density at radius 1 is 0.886 bits per heavy atom. The van der Waals surface area contributed by atoms with Gasteiger partial charge in [-0.15, -0.1) is 0 Å². The SMILES string of the molecule is CCCNC(=O)[C@@H](Cc1ccccc1)N(Cc1ccc(Br)cc1)C(=O)CN(c1cccc(Cl)c1)S(=O)(=O)c1ccc(C)cc1. The van der Waals surface area contributed by atoms with Gasteiger partial charge in [0.1, 0.15) is 12.6 Å². The van der Waals surface area contributed by atoms with Gasteiger partial charge in [-0.2, -0.15) is 0 Å². The predicted octanol–water partition coefficient (Wildman–Crippen LogP) is 6.77. The van der Waals surface area contributed by atoms with Crippen molar-refractivity contribution in [1.82, 2.24) is 10.2 Å². The van der Waals surface area contributed by atoms with Crippen LogP contribution in [0.4, 0.5) is 5.69 Å². The Hall–Kier alpha value is -3.66. The molecule has 0 spiro atoms. The topological polar surface area (TPSA) is 86.8 Å². The van der Waals surface area contributed by atoms with Gasteiger partial charge in [0.25, 0.3) is 10.0 Å². The molecule has 0 saturated heterocycles. The number of halogens is 2. The number of anilines is 1. The van der Waals surface area contributed by atoms with E-state index >= 15 is 0 Å². The van der Waals surface area contributed by atoms with Crippen LogP contribution in [-0.2, 0) is 32.6 Å². The third-order valence-corrected chi connectivity index (χ3v) is 9.62. The molecular formula is C34H35BrClN3O4S. The van der Waals surface area contributed by atoms with E-state index in [1.165, 1.54) is 23.1 Å². The number of carbonyl (C=O) groups is 2. The van der Waals surface area contributed by atoms with Crippen molar-refractivity contribution < 1.29 is 18.0 Å². The molecule has 0 bridgehead atoms. The monoisotopic (exact) mass is 695 g/mol. The maximum atomic E-state index is 14.4. The van der Waals surface area contributed by atoms with E-state index in [1.54, 1.807) is 30.3 Å². The molecule has 0 aliphatic rings. The summed E-state index contributed by atoms with van der Waals surface area (Å²) in [6.07, 6.45) is 0.975. The lowest BCUT2D eigenvalue weighted by Gasteiger charge is -2.34. The molecule has 10 heteroatoms. The maximum absolute atomic E-state index is 14.4. The number of amides is 2. The molecule has 230 valence electrons. The van der Waals surface area contributed by atoms with Gasteiger partial charge < -0.3 is 10.2 Å². The number of aryl methyl sites for hydroxylation is 1. The number of rotatable bonds is 13. The lowest BCUT2D eigenvalue weighted by Crippen LogP contribution is -2.53. The van der Waals surface area contributed by atoms with Crippen LogP contribution < -0.4 is 9.62 Å². The van der Waals surface area contributed by atoms with Gasteiger partial charge in [0.15, 0.2) is 0 Å². The van der Waals surface area contributed by atoms with Crippen molar-refractivity contribution in [3.8, 4) is 0 Å². The van der Waals surface area contributed by atoms with Gasteiger partial charge >= 0.3 is 0 Å². The molecule has 0 radical (unpaired) electrons. The molecule has 0 aliphatic heterocycles. The van der Waals surface area contributed by atoms with Crippen LogP contribution in [0.5, 0.6) is 0 Å². The van der Waals surface area contributed by atoms with Crippen molar-refractivity contribution in [2.24, 2.45) is 0 Å². The first-order valence-corrected chi connectivity index (χ1v) is 16.9. The van der Waals surface area contributed by atoms with Gasteiger partial charge in [-0.25, -0.2) is 8.42 Å². The van der Waals surface area contributed by atoms with Gasteiger partial charge in [0, 0.05) is 29.0 Å². The highest BCUT2D eigenvalue weighted by Gasteiger charge is 2.34. The van der Waals surface area contributed by atoms with Crippen LogP contribution in [0.2, 0.25) is 5.02 Å². The lowest BCUT2D eigenvalue weighted by atomic mass is 10.0. The van der Waals surface area contributed by atoms with E-state index in [-0.39, 0.29) is 29.5 Å². The fourth-order valence-electron chi connectivity index (χ4n) is 4.70. The fraction of sp³-hybridized carbons (Fsp3) is 0.235. The zero-order valence-electron chi connectivity index (χ0n) is 24.6. The Kier molecular flexibility index (Phi) is 11.6. The number of sulfonamides is 1. The second kappa shape index (κ2) is 15.4. The summed E-state index contributed by atoms with van der Waals surface area (Å²) in [7, 11) is -4.19. The summed E-state index contributed by atoms with van der Waals surface area (Å²) < 4.78 is 30.1. The fourth-order valence-corrected chi connectivity index (χ4v) is 6.56. The summed E-state index contributed by atoms with van der Waals surface area (Å²) >= 11 is 9.73. The standard InChI is InChI=1S/C34H35BrClN3O4S/c1-3-20-37-34(41)32(21-26-8-5-4-6-9-26)38(23-27-14-16-28(35)17-15-27)33(40)24-39(30-11-7-10-29(36)22-30)44(42,43)31-18-12-25(2)13-19-31/h4-19,22,32H,3,20-21,23-24H2,1-2H3,(H,37,41)/t32-/m1/s1. The zero-order chi connectivity index (χ0) is 31.7. The zero-order valence-corrected chi connectivity index (χ0v) is 27.8. The number of benzene rings is 4. The van der Waals surface area contributed by atoms with E-state index in [2.05, 4.69) is 21.2 Å². The van der Waals surface area contributed by atoms with Gasteiger partial charge in [-0.3, -0.25) is 13.9 Å². The summed E-state index contributed by atoms with van der Waals surface area (Å²) in [5.74, 6) is -0.840. The molecule has 1 N–H and O–H groups in total. The van der Waals surface area contributed by atoms with E-state index < -0.39 is 28.5 Å². The van der Waals surface area contributed by atoms with E-state index in [0.29, 0.717) is 11.6 Å². The Morgan fingerprint density at radius 2 is 1.57 bits per heavy atom. The van der Waals surface area contributed by atoms with Crippen LogP contribution in [-0.4, -0.2) is 44.3 Å². The van der Waals surface area contributed by atoms with Crippen molar-refractivity contribution >= 4 is 55.1 Å². The molecule has 2 amide bonds. The van der Waals surface area contributed by atoms with Crippen molar-refractivity contribution in [2.45, 2.75) is 44.2 Å². The average molecular weight is 697 g/mol. The summed E-state index contributed by atoms with van der Waals surface area (Å²) in [5, 5.41) is 3.27. The highest BCUT2D eigenvalue weighted by Crippen LogP contribution is 2.27. The minimum Gasteiger partial charge on any atom is -0.354 e. The first-order chi connectivity index (χ1) is 21.1. The number of hydrogen-bond donors (Lipinski definition) is 1. The smallest absolute Gasteiger partial charge is 0.264 e. The summed E-state index contributed by atoms with van der Waals surface area (Å²) in [5.41, 5.74) is 2.80. The van der Waals surface area contributed by atoms with Crippen LogP contribution in [0.25, 0.3) is 0 Å². The van der Waals surface area contributed by atoms with Crippen LogP contribution >= 0.6 is 27.5 Å². The van der Waals surface area contributed by atoms with Crippen LogP contribution in [0.15, 0.2) is 112 Å². The van der Waals surface area contributed by atoms with Crippen LogP contribution in [0.1, 0.15) is 30.0 Å². The summed E-state index contributed by atoms with van der Waals surface area (Å²) in [6, 6.07) is 28.8. The summed E-state index contributed by atoms with van der Waals surface area (Å²) in [4.78, 5) is 29.6. The Morgan fingerprint density at radius 3 is 2.20 bits per heavy atom. The second-order valence-electron chi connectivity index (χ2n) is 10.4. The number of carbonyl (C=O) groups excluding carboxylic acids is 2. The number of nitrogens with zero attached hydrogens (tertiary/aromatic N) is 2. The van der Waals surface area contributed by atoms with Gasteiger partial charge in [0.2, 0.25) is 11.8 Å². The van der Waals surface area contributed by atoms with Crippen molar-refractivity contribution in [2.75, 3.05) is 17.4 Å². The first kappa shape index (κ1) is 33.2. The highest BCUT2D eigenvalue weighted by atomic mass is 79.9. The molecule has 0 saturated carbocycles. The van der Waals surface area contributed by atoms with E-state index in [4.69, 9.17) is 11.6 Å². The summed E-state index contributed by atoms with van der Waals surface area (Å²) in [6.45, 7) is 3.82. The highest BCUT2D eigenvalue weighted by molar-refractivity contribution is 9.10.